The van der Waals surface area contributed by atoms with E-state index in [2.05, 4.69) is 41.6 Å². The lowest BCUT2D eigenvalue weighted by atomic mass is 9.87. The number of hydrogen-bond acceptors (Lipinski definition) is 6. The molecule has 0 aliphatic heterocycles. The molecule has 2 N–H and O–H groups in total. The van der Waals surface area contributed by atoms with Crippen LogP contribution in [-0.2, 0) is 5.41 Å². The molecule has 0 bridgehead atoms. The summed E-state index contributed by atoms with van der Waals surface area (Å²) in [5.41, 5.74) is 2.41. The predicted octanol–water partition coefficient (Wildman–Crippen LogP) is 5.05. The van der Waals surface area contributed by atoms with Crippen LogP contribution in [0.1, 0.15) is 26.3 Å². The molecule has 3 aromatic rings. The number of amides is 2. The Kier molecular flexibility index (Phi) is 5.36. The Hall–Kier alpha value is -3.33. The Morgan fingerprint density at radius 3 is 2.43 bits per heavy atom. The molecule has 0 saturated heterocycles. The number of rotatable bonds is 4. The second kappa shape index (κ2) is 7.73. The van der Waals surface area contributed by atoms with Crippen molar-refractivity contribution >= 4 is 33.9 Å². The smallest absolute Gasteiger partial charge is 0.308 e. The molecule has 2 amide bonds. The van der Waals surface area contributed by atoms with Gasteiger partial charge in [-0.05, 0) is 23.1 Å². The standard InChI is InChI=1S/C19H19N5O3S/c1-19(2,3)13-7-9-14(10-8-13)20-17(25)21-18-23-22-16(28-18)12-5-4-6-15(11-12)24(26)27/h4-11H,1-3H3,(H2,20,21,23,25). The van der Waals surface area contributed by atoms with E-state index in [9.17, 15) is 14.9 Å². The number of benzene rings is 2. The highest BCUT2D eigenvalue weighted by atomic mass is 32.1. The number of anilines is 2. The van der Waals surface area contributed by atoms with Gasteiger partial charge in [-0.25, -0.2) is 4.79 Å². The van der Waals surface area contributed by atoms with E-state index in [1.807, 2.05) is 24.3 Å². The number of non-ortho nitro benzene ring substituents is 1. The molecular formula is C19H19N5O3S. The van der Waals surface area contributed by atoms with Crippen molar-refractivity contribution in [3.63, 3.8) is 0 Å². The minimum atomic E-state index is -0.470. The van der Waals surface area contributed by atoms with Gasteiger partial charge in [0.2, 0.25) is 5.13 Å². The van der Waals surface area contributed by atoms with E-state index in [1.54, 1.807) is 12.1 Å². The van der Waals surface area contributed by atoms with Gasteiger partial charge in [0.15, 0.2) is 0 Å². The van der Waals surface area contributed by atoms with Crippen LogP contribution in [0, 0.1) is 10.1 Å². The van der Waals surface area contributed by atoms with Crippen molar-refractivity contribution in [3.05, 3.63) is 64.2 Å². The van der Waals surface area contributed by atoms with Gasteiger partial charge in [0.05, 0.1) is 4.92 Å². The Labute approximate surface area is 165 Å². The molecule has 1 heterocycles. The molecule has 2 aromatic carbocycles. The number of carbonyl (C=O) groups is 1. The fraction of sp³-hybridized carbons (Fsp3) is 0.211. The van der Waals surface area contributed by atoms with Crippen LogP contribution in [-0.4, -0.2) is 21.2 Å². The number of nitrogens with one attached hydrogen (secondary N) is 2. The summed E-state index contributed by atoms with van der Waals surface area (Å²) >= 11 is 1.13. The van der Waals surface area contributed by atoms with Crippen molar-refractivity contribution in [3.8, 4) is 10.6 Å². The molecule has 0 aliphatic carbocycles. The van der Waals surface area contributed by atoms with Crippen LogP contribution >= 0.6 is 11.3 Å². The van der Waals surface area contributed by atoms with Crippen LogP contribution in [0.3, 0.4) is 0 Å². The van der Waals surface area contributed by atoms with Crippen LogP contribution in [0.25, 0.3) is 10.6 Å². The molecule has 3 rings (SSSR count). The van der Waals surface area contributed by atoms with Crippen molar-refractivity contribution in [1.29, 1.82) is 0 Å². The average molecular weight is 397 g/mol. The molecule has 0 unspecified atom stereocenters. The first-order valence-electron chi connectivity index (χ1n) is 8.49. The van der Waals surface area contributed by atoms with Crippen LogP contribution < -0.4 is 10.6 Å². The van der Waals surface area contributed by atoms with Gasteiger partial charge < -0.3 is 5.32 Å². The van der Waals surface area contributed by atoms with Crippen molar-refractivity contribution < 1.29 is 9.72 Å². The van der Waals surface area contributed by atoms with Crippen molar-refractivity contribution in [1.82, 2.24) is 10.2 Å². The van der Waals surface area contributed by atoms with Crippen molar-refractivity contribution in [2.24, 2.45) is 0 Å². The topological polar surface area (TPSA) is 110 Å². The molecule has 0 atom stereocenters. The Bertz CT molecular complexity index is 1010. The quantitative estimate of drug-likeness (QED) is 0.472. The minimum Gasteiger partial charge on any atom is -0.308 e. The third-order valence-corrected chi connectivity index (χ3v) is 4.85. The lowest BCUT2D eigenvalue weighted by Gasteiger charge is -2.19. The van der Waals surface area contributed by atoms with E-state index in [-0.39, 0.29) is 11.1 Å². The third kappa shape index (κ3) is 4.68. The second-order valence-corrected chi connectivity index (χ2v) is 8.10. The van der Waals surface area contributed by atoms with Gasteiger partial charge in [-0.15, -0.1) is 10.2 Å². The Morgan fingerprint density at radius 1 is 1.07 bits per heavy atom. The van der Waals surface area contributed by atoms with Crippen LogP contribution in [0.5, 0.6) is 0 Å². The summed E-state index contributed by atoms with van der Waals surface area (Å²) in [6, 6.07) is 13.3. The second-order valence-electron chi connectivity index (χ2n) is 7.13. The maximum absolute atomic E-state index is 12.2. The molecule has 9 heteroatoms. The summed E-state index contributed by atoms with van der Waals surface area (Å²) < 4.78 is 0. The van der Waals surface area contributed by atoms with Crippen molar-refractivity contribution in [2.75, 3.05) is 10.6 Å². The average Bonchev–Trinajstić information content (AvgIpc) is 3.10. The van der Waals surface area contributed by atoms with Crippen LogP contribution in [0.4, 0.5) is 21.3 Å². The molecule has 0 spiro atoms. The maximum Gasteiger partial charge on any atom is 0.325 e. The van der Waals surface area contributed by atoms with Gasteiger partial charge in [-0.2, -0.15) is 0 Å². The summed E-state index contributed by atoms with van der Waals surface area (Å²) in [5.74, 6) is 0. The number of carbonyl (C=O) groups excluding carboxylic acids is 1. The molecule has 8 nitrogen and oxygen atoms in total. The molecule has 0 aliphatic rings. The van der Waals surface area contributed by atoms with E-state index >= 15 is 0 Å². The molecule has 28 heavy (non-hydrogen) atoms. The molecule has 144 valence electrons. The SMILES string of the molecule is CC(C)(C)c1ccc(NC(=O)Nc2nnc(-c3cccc([N+](=O)[O-])c3)s2)cc1. The zero-order valence-corrected chi connectivity index (χ0v) is 16.4. The van der Waals surface area contributed by atoms with Crippen LogP contribution in [0.15, 0.2) is 48.5 Å². The number of urea groups is 1. The zero-order chi connectivity index (χ0) is 20.3. The summed E-state index contributed by atoms with van der Waals surface area (Å²) in [5, 5.41) is 24.9. The molecule has 0 radical (unpaired) electrons. The Balaban J connectivity index is 1.66. The molecule has 0 fully saturated rings. The van der Waals surface area contributed by atoms with Crippen LogP contribution in [0.2, 0.25) is 0 Å². The molecule has 1 aromatic heterocycles. The largest absolute Gasteiger partial charge is 0.325 e. The monoisotopic (exact) mass is 397 g/mol. The number of nitro benzene ring substituents is 1. The summed E-state index contributed by atoms with van der Waals surface area (Å²) in [6.07, 6.45) is 0. The first kappa shape index (κ1) is 19.4. The highest BCUT2D eigenvalue weighted by Crippen LogP contribution is 2.29. The van der Waals surface area contributed by atoms with E-state index in [0.29, 0.717) is 21.4 Å². The van der Waals surface area contributed by atoms with Crippen molar-refractivity contribution in [2.45, 2.75) is 26.2 Å². The number of nitro groups is 1. The first-order chi connectivity index (χ1) is 13.2. The van der Waals surface area contributed by atoms with Gasteiger partial charge in [-0.3, -0.25) is 15.4 Å². The van der Waals surface area contributed by atoms with E-state index < -0.39 is 11.0 Å². The molecular weight excluding hydrogens is 378 g/mol. The fourth-order valence-corrected chi connectivity index (χ4v) is 3.19. The van der Waals surface area contributed by atoms with Gasteiger partial charge in [0.25, 0.3) is 5.69 Å². The predicted molar refractivity (Wildman–Crippen MR) is 110 cm³/mol. The van der Waals surface area contributed by atoms with E-state index in [1.165, 1.54) is 17.7 Å². The maximum atomic E-state index is 12.2. The summed E-state index contributed by atoms with van der Waals surface area (Å²) in [4.78, 5) is 22.6. The number of nitrogens with zero attached hydrogens (tertiary/aromatic N) is 3. The van der Waals surface area contributed by atoms with Gasteiger partial charge in [0, 0.05) is 23.4 Å². The van der Waals surface area contributed by atoms with Gasteiger partial charge >= 0.3 is 6.03 Å². The lowest BCUT2D eigenvalue weighted by Crippen LogP contribution is -2.19. The fourth-order valence-electron chi connectivity index (χ4n) is 2.46. The van der Waals surface area contributed by atoms with Gasteiger partial charge in [0.1, 0.15) is 5.01 Å². The zero-order valence-electron chi connectivity index (χ0n) is 15.6. The number of hydrogen-bond donors (Lipinski definition) is 2. The number of aromatic nitrogens is 2. The summed E-state index contributed by atoms with van der Waals surface area (Å²) in [6.45, 7) is 6.36. The summed E-state index contributed by atoms with van der Waals surface area (Å²) in [7, 11) is 0. The van der Waals surface area contributed by atoms with E-state index in [0.717, 1.165) is 11.3 Å². The highest BCUT2D eigenvalue weighted by molar-refractivity contribution is 7.18. The first-order valence-corrected chi connectivity index (χ1v) is 9.31. The van der Waals surface area contributed by atoms with Gasteiger partial charge in [-0.1, -0.05) is 56.4 Å². The van der Waals surface area contributed by atoms with E-state index in [4.69, 9.17) is 0 Å². The Morgan fingerprint density at radius 2 is 1.79 bits per heavy atom. The lowest BCUT2D eigenvalue weighted by molar-refractivity contribution is -0.384. The third-order valence-electron chi connectivity index (χ3n) is 3.96. The molecule has 0 saturated carbocycles. The highest BCUT2D eigenvalue weighted by Gasteiger charge is 2.15. The minimum absolute atomic E-state index is 0.0290. The normalized spacial score (nSPS) is 11.1.